The summed E-state index contributed by atoms with van der Waals surface area (Å²) >= 11 is 0. The van der Waals surface area contributed by atoms with Gasteiger partial charge in [0, 0.05) is 13.0 Å². The van der Waals surface area contributed by atoms with Gasteiger partial charge in [-0.15, -0.1) is 0 Å². The van der Waals surface area contributed by atoms with Crippen LogP contribution >= 0.6 is 0 Å². The molecule has 0 fully saturated rings. The number of hydrogen-bond donors (Lipinski definition) is 1. The number of aliphatic hydroxyl groups excluding tert-OH is 1. The number of aliphatic hydroxyl groups is 1. The molecule has 1 N–H and O–H groups in total. The maximum Gasteiger partial charge on any atom is 0.306 e. The fraction of sp³-hybridized carbons (Fsp3) is 0.489. The van der Waals surface area contributed by atoms with E-state index in [2.05, 4.69) is 141 Å². The van der Waals surface area contributed by atoms with Crippen molar-refractivity contribution in [2.45, 2.75) is 123 Å². The highest BCUT2D eigenvalue weighted by Crippen LogP contribution is 2.04. The Morgan fingerprint density at radius 2 is 0.837 bits per heavy atom. The molecule has 0 aromatic carbocycles. The molecule has 0 radical (unpaired) electrons. The van der Waals surface area contributed by atoms with Gasteiger partial charge in [0.2, 0.25) is 0 Å². The zero-order chi connectivity index (χ0) is 35.6. The first-order chi connectivity index (χ1) is 24.2. The van der Waals surface area contributed by atoms with Crippen molar-refractivity contribution in [2.75, 3.05) is 19.8 Å². The van der Waals surface area contributed by atoms with Gasteiger partial charge < -0.3 is 14.6 Å². The molecule has 0 amide bonds. The molecule has 1 unspecified atom stereocenters. The van der Waals surface area contributed by atoms with Gasteiger partial charge in [-0.2, -0.15) is 0 Å². The number of allylic oxidation sites excluding steroid dienone is 22. The quantitative estimate of drug-likeness (QED) is 0.0439. The van der Waals surface area contributed by atoms with Gasteiger partial charge in [-0.1, -0.05) is 148 Å². The van der Waals surface area contributed by atoms with Crippen LogP contribution in [0.3, 0.4) is 0 Å². The first kappa shape index (κ1) is 45.5. The molecule has 0 aliphatic rings. The van der Waals surface area contributed by atoms with E-state index in [0.717, 1.165) is 89.9 Å². The Balaban J connectivity index is 3.74. The van der Waals surface area contributed by atoms with Crippen LogP contribution in [0.2, 0.25) is 0 Å². The molecular formula is C45H68O4. The summed E-state index contributed by atoms with van der Waals surface area (Å²) < 4.78 is 11.0. The smallest absolute Gasteiger partial charge is 0.306 e. The summed E-state index contributed by atoms with van der Waals surface area (Å²) in [5, 5.41) is 9.55. The number of rotatable bonds is 32. The molecule has 0 heterocycles. The van der Waals surface area contributed by atoms with E-state index in [9.17, 15) is 9.90 Å². The van der Waals surface area contributed by atoms with Crippen molar-refractivity contribution in [3.63, 3.8) is 0 Å². The van der Waals surface area contributed by atoms with E-state index < -0.39 is 6.10 Å². The molecule has 0 spiro atoms. The summed E-state index contributed by atoms with van der Waals surface area (Å²) in [6.45, 7) is 4.89. The second-order valence-electron chi connectivity index (χ2n) is 11.5. The van der Waals surface area contributed by atoms with Gasteiger partial charge in [0.25, 0.3) is 0 Å². The van der Waals surface area contributed by atoms with Crippen LogP contribution in [0.1, 0.15) is 117 Å². The van der Waals surface area contributed by atoms with Gasteiger partial charge in [-0.3, -0.25) is 4.79 Å². The van der Waals surface area contributed by atoms with E-state index in [4.69, 9.17) is 9.47 Å². The van der Waals surface area contributed by atoms with Crippen LogP contribution in [0.25, 0.3) is 0 Å². The minimum absolute atomic E-state index is 0.226. The van der Waals surface area contributed by atoms with E-state index in [-0.39, 0.29) is 19.2 Å². The Morgan fingerprint density at radius 3 is 1.20 bits per heavy atom. The van der Waals surface area contributed by atoms with Gasteiger partial charge in [0.1, 0.15) is 6.10 Å². The lowest BCUT2D eigenvalue weighted by molar-refractivity contribution is -0.154. The van der Waals surface area contributed by atoms with Crippen molar-refractivity contribution in [1.82, 2.24) is 0 Å². The summed E-state index contributed by atoms with van der Waals surface area (Å²) in [7, 11) is 0. The molecular weight excluding hydrogens is 604 g/mol. The Kier molecular flexibility index (Phi) is 37.8. The average Bonchev–Trinajstić information content (AvgIpc) is 3.11. The van der Waals surface area contributed by atoms with Gasteiger partial charge in [0.15, 0.2) is 0 Å². The van der Waals surface area contributed by atoms with Crippen LogP contribution in [0, 0.1) is 0 Å². The van der Waals surface area contributed by atoms with Gasteiger partial charge in [-0.25, -0.2) is 0 Å². The minimum Gasteiger partial charge on any atom is -0.457 e. The summed E-state index contributed by atoms with van der Waals surface area (Å²) in [6, 6.07) is 0. The third-order valence-electron chi connectivity index (χ3n) is 6.98. The number of hydrogen-bond acceptors (Lipinski definition) is 4. The minimum atomic E-state index is -0.608. The van der Waals surface area contributed by atoms with Crippen molar-refractivity contribution >= 4 is 5.97 Å². The lowest BCUT2D eigenvalue weighted by Gasteiger charge is -2.15. The number of carbonyl (C=O) groups excluding carboxylic acids is 1. The second-order valence-corrected chi connectivity index (χ2v) is 11.5. The van der Waals surface area contributed by atoms with Gasteiger partial charge in [0.05, 0.1) is 13.2 Å². The molecule has 4 nitrogen and oxygen atoms in total. The van der Waals surface area contributed by atoms with Crippen molar-refractivity contribution in [1.29, 1.82) is 0 Å². The monoisotopic (exact) mass is 673 g/mol. The zero-order valence-electron chi connectivity index (χ0n) is 30.9. The number of carbonyl (C=O) groups is 1. The number of unbranched alkanes of at least 4 members (excludes halogenated alkanes) is 2. The standard InChI is InChI=1S/C45H68O4/c1-3-5-7-9-11-13-15-17-19-21-23-24-26-28-30-32-34-36-38-40-45(47)49-44(42-46)43-48-41-39-37-35-33-31-29-27-25-22-20-18-16-14-12-10-8-6-4-2/h5-8,11-14,17-20,23-25,27-28,30-31,33-34,36,44,46H,3-4,9-10,15-16,21-22,26,29,32,35,37-43H2,1-2H3/b7-5-,8-6-,13-11-,14-12-,19-17-,20-18-,24-23-,27-25-,30-28-,33-31-,36-34-. The van der Waals surface area contributed by atoms with Crippen LogP contribution in [0.15, 0.2) is 134 Å². The van der Waals surface area contributed by atoms with E-state index in [1.54, 1.807) is 0 Å². The van der Waals surface area contributed by atoms with E-state index in [1.807, 2.05) is 6.08 Å². The number of esters is 1. The molecule has 0 aromatic heterocycles. The highest BCUT2D eigenvalue weighted by Gasteiger charge is 2.13. The Bertz CT molecular complexity index is 1060. The third-order valence-corrected chi connectivity index (χ3v) is 6.98. The van der Waals surface area contributed by atoms with Crippen molar-refractivity contribution in [3.8, 4) is 0 Å². The second kappa shape index (κ2) is 40.7. The van der Waals surface area contributed by atoms with Crippen LogP contribution < -0.4 is 0 Å². The molecule has 0 bridgehead atoms. The van der Waals surface area contributed by atoms with Crippen molar-refractivity contribution in [2.24, 2.45) is 0 Å². The maximum atomic E-state index is 12.1. The molecule has 272 valence electrons. The van der Waals surface area contributed by atoms with Crippen molar-refractivity contribution in [3.05, 3.63) is 134 Å². The lowest BCUT2D eigenvalue weighted by Crippen LogP contribution is -2.27. The molecule has 49 heavy (non-hydrogen) atoms. The van der Waals surface area contributed by atoms with Gasteiger partial charge in [-0.05, 0) is 96.3 Å². The van der Waals surface area contributed by atoms with E-state index >= 15 is 0 Å². The molecule has 0 aliphatic carbocycles. The van der Waals surface area contributed by atoms with Crippen LogP contribution in [0.5, 0.6) is 0 Å². The van der Waals surface area contributed by atoms with Gasteiger partial charge >= 0.3 is 5.97 Å². The summed E-state index contributed by atoms with van der Waals surface area (Å²) in [5.41, 5.74) is 0. The molecule has 0 aliphatic heterocycles. The topological polar surface area (TPSA) is 55.8 Å². The molecule has 4 heteroatoms. The molecule has 0 rings (SSSR count). The highest BCUT2D eigenvalue weighted by molar-refractivity contribution is 5.69. The largest absolute Gasteiger partial charge is 0.457 e. The predicted molar refractivity (Wildman–Crippen MR) is 214 cm³/mol. The Morgan fingerprint density at radius 1 is 0.490 bits per heavy atom. The highest BCUT2D eigenvalue weighted by atomic mass is 16.6. The summed E-state index contributed by atoms with van der Waals surface area (Å²) in [6.07, 6.45) is 62.2. The molecule has 0 saturated heterocycles. The zero-order valence-corrected chi connectivity index (χ0v) is 30.9. The van der Waals surface area contributed by atoms with E-state index in [0.29, 0.717) is 19.4 Å². The average molecular weight is 673 g/mol. The van der Waals surface area contributed by atoms with Crippen LogP contribution in [-0.4, -0.2) is 37.0 Å². The first-order valence-electron chi connectivity index (χ1n) is 18.8. The fourth-order valence-electron chi connectivity index (χ4n) is 4.26. The fourth-order valence-corrected chi connectivity index (χ4v) is 4.26. The Hall–Kier alpha value is -3.47. The number of ether oxygens (including phenoxy) is 2. The predicted octanol–water partition coefficient (Wildman–Crippen LogP) is 12.3. The summed E-state index contributed by atoms with van der Waals surface area (Å²) in [4.78, 5) is 12.1. The van der Waals surface area contributed by atoms with Crippen molar-refractivity contribution < 1.29 is 19.4 Å². The van der Waals surface area contributed by atoms with Crippen LogP contribution in [-0.2, 0) is 14.3 Å². The Labute approximate surface area is 300 Å². The molecule has 0 aromatic rings. The SMILES string of the molecule is CC/C=C\C/C=C\C/C=C\C/C=C\C/C=C\C/C=C\CCC(=O)OC(CO)COCCCC/C=C\C/C=C\C/C=C\C/C=C\C/C=C\CC. The third kappa shape index (κ3) is 38.9. The molecule has 0 saturated carbocycles. The maximum absolute atomic E-state index is 12.1. The molecule has 1 atom stereocenters. The van der Waals surface area contributed by atoms with Crippen LogP contribution in [0.4, 0.5) is 0 Å². The van der Waals surface area contributed by atoms with E-state index in [1.165, 1.54) is 0 Å². The lowest BCUT2D eigenvalue weighted by atomic mass is 10.2. The summed E-state index contributed by atoms with van der Waals surface area (Å²) in [5.74, 6) is -0.305. The first-order valence-corrected chi connectivity index (χ1v) is 18.8. The normalized spacial score (nSPS) is 13.9.